The Bertz CT molecular complexity index is 3170. The van der Waals surface area contributed by atoms with E-state index in [2.05, 4.69) is 216 Å². The summed E-state index contributed by atoms with van der Waals surface area (Å²) in [4.78, 5) is 2.35. The molecule has 2 heterocycles. The fraction of sp³-hybridized carbons (Fsp3) is 0. The van der Waals surface area contributed by atoms with Crippen LogP contribution in [0.2, 0.25) is 0 Å². The van der Waals surface area contributed by atoms with Crippen LogP contribution < -0.4 is 4.90 Å². The van der Waals surface area contributed by atoms with E-state index in [0.29, 0.717) is 0 Å². The van der Waals surface area contributed by atoms with Gasteiger partial charge in [0.15, 0.2) is 0 Å². The minimum absolute atomic E-state index is 0.901. The first-order valence-electron chi connectivity index (χ1n) is 19.4. The number of benzene rings is 9. The van der Waals surface area contributed by atoms with E-state index in [9.17, 15) is 0 Å². The molecule has 11 aromatic rings. The van der Waals surface area contributed by atoms with Crippen LogP contribution in [0.5, 0.6) is 0 Å². The highest BCUT2D eigenvalue weighted by Gasteiger charge is 2.17. The van der Waals surface area contributed by atoms with E-state index in [1.165, 1.54) is 38.5 Å². The highest BCUT2D eigenvalue weighted by atomic mass is 16.3. The van der Waals surface area contributed by atoms with Crippen molar-refractivity contribution in [3.63, 3.8) is 0 Å². The maximum atomic E-state index is 6.23. The zero-order valence-electron chi connectivity index (χ0n) is 31.1. The summed E-state index contributed by atoms with van der Waals surface area (Å²) in [6, 6.07) is 78.1. The Labute approximate surface area is 330 Å². The van der Waals surface area contributed by atoms with Crippen molar-refractivity contribution >= 4 is 60.8 Å². The summed E-state index contributed by atoms with van der Waals surface area (Å²) in [6.07, 6.45) is 0. The molecule has 0 N–H and O–H groups in total. The van der Waals surface area contributed by atoms with Crippen LogP contribution in [0.1, 0.15) is 0 Å². The largest absolute Gasteiger partial charge is 0.456 e. The fourth-order valence-electron chi connectivity index (χ4n) is 8.54. The molecule has 0 atom stereocenters. The molecule has 0 amide bonds. The number of nitrogens with zero attached hydrogens (tertiary/aromatic N) is 2. The van der Waals surface area contributed by atoms with Crippen LogP contribution >= 0.6 is 0 Å². The summed E-state index contributed by atoms with van der Waals surface area (Å²) >= 11 is 0. The molecular formula is C54H36N2O. The molecule has 0 saturated heterocycles. The first kappa shape index (κ1) is 32.8. The average Bonchev–Trinajstić information content (AvgIpc) is 3.84. The predicted octanol–water partition coefficient (Wildman–Crippen LogP) is 15.2. The molecule has 3 nitrogen and oxygen atoms in total. The van der Waals surface area contributed by atoms with Gasteiger partial charge in [0.05, 0.1) is 11.0 Å². The summed E-state index contributed by atoms with van der Waals surface area (Å²) in [5, 5.41) is 4.80. The molecule has 0 aliphatic carbocycles. The van der Waals surface area contributed by atoms with E-state index in [1.54, 1.807) is 0 Å². The van der Waals surface area contributed by atoms with Gasteiger partial charge in [0.2, 0.25) is 0 Å². The number of anilines is 3. The van der Waals surface area contributed by atoms with E-state index in [4.69, 9.17) is 4.42 Å². The van der Waals surface area contributed by atoms with Gasteiger partial charge in [0.1, 0.15) is 11.2 Å². The minimum Gasteiger partial charge on any atom is -0.456 e. The van der Waals surface area contributed by atoms with Crippen molar-refractivity contribution in [2.75, 3.05) is 4.90 Å². The number of hydrogen-bond donors (Lipinski definition) is 0. The highest BCUT2D eigenvalue weighted by Crippen LogP contribution is 2.41. The number of furan rings is 1. The number of fused-ring (bicyclic) bond motifs is 6. The third kappa shape index (κ3) is 5.68. The molecule has 268 valence electrons. The Hall–Kier alpha value is -7.62. The smallest absolute Gasteiger partial charge is 0.136 e. The molecule has 0 radical (unpaired) electrons. The SMILES string of the molecule is c1ccc(-c2cccc(N(c3ccc(-c4cccc(-n5c6ccccc6c6ccccc65)c4)cc3)c3ccc(-c4cccc5oc6ccccc6c45)cc3)c2)cc1. The van der Waals surface area contributed by atoms with E-state index in [1.807, 2.05) is 12.1 Å². The van der Waals surface area contributed by atoms with Crippen molar-refractivity contribution in [2.45, 2.75) is 0 Å². The molecule has 0 unspecified atom stereocenters. The number of hydrogen-bond acceptors (Lipinski definition) is 2. The van der Waals surface area contributed by atoms with Crippen molar-refractivity contribution < 1.29 is 4.42 Å². The van der Waals surface area contributed by atoms with Crippen molar-refractivity contribution in [1.29, 1.82) is 0 Å². The first-order valence-corrected chi connectivity index (χ1v) is 19.4. The molecule has 2 aromatic heterocycles. The van der Waals surface area contributed by atoms with Gasteiger partial charge in [0.25, 0.3) is 0 Å². The van der Waals surface area contributed by atoms with Gasteiger partial charge in [-0.2, -0.15) is 0 Å². The van der Waals surface area contributed by atoms with Crippen LogP contribution in [0.15, 0.2) is 223 Å². The fourth-order valence-corrected chi connectivity index (χ4v) is 8.54. The van der Waals surface area contributed by atoms with Crippen LogP contribution in [0.3, 0.4) is 0 Å². The normalized spacial score (nSPS) is 11.5. The lowest BCUT2D eigenvalue weighted by atomic mass is 9.99. The summed E-state index contributed by atoms with van der Waals surface area (Å²) in [5.41, 5.74) is 15.6. The van der Waals surface area contributed by atoms with Crippen molar-refractivity contribution in [2.24, 2.45) is 0 Å². The Morgan fingerprint density at radius 1 is 0.333 bits per heavy atom. The van der Waals surface area contributed by atoms with Crippen LogP contribution in [-0.4, -0.2) is 4.57 Å². The van der Waals surface area contributed by atoms with Crippen LogP contribution in [0.4, 0.5) is 17.1 Å². The Morgan fingerprint density at radius 2 is 0.860 bits per heavy atom. The maximum absolute atomic E-state index is 6.23. The lowest BCUT2D eigenvalue weighted by Crippen LogP contribution is -2.10. The first-order chi connectivity index (χ1) is 28.3. The van der Waals surface area contributed by atoms with Gasteiger partial charge in [-0.05, 0) is 106 Å². The summed E-state index contributed by atoms with van der Waals surface area (Å²) in [5.74, 6) is 0. The summed E-state index contributed by atoms with van der Waals surface area (Å²) in [6.45, 7) is 0. The van der Waals surface area contributed by atoms with Gasteiger partial charge >= 0.3 is 0 Å². The Morgan fingerprint density at radius 3 is 1.58 bits per heavy atom. The lowest BCUT2D eigenvalue weighted by molar-refractivity contribution is 0.669. The molecule has 0 spiro atoms. The molecular weight excluding hydrogens is 693 g/mol. The second kappa shape index (κ2) is 13.6. The van der Waals surface area contributed by atoms with E-state index < -0.39 is 0 Å². The second-order valence-corrected chi connectivity index (χ2v) is 14.5. The minimum atomic E-state index is 0.901. The number of rotatable bonds is 7. The summed E-state index contributed by atoms with van der Waals surface area (Å²) < 4.78 is 8.61. The molecule has 0 saturated carbocycles. The van der Waals surface area contributed by atoms with Gasteiger partial charge in [-0.1, -0.05) is 146 Å². The van der Waals surface area contributed by atoms with Crippen LogP contribution in [0, 0.1) is 0 Å². The van der Waals surface area contributed by atoms with Gasteiger partial charge in [-0.15, -0.1) is 0 Å². The Balaban J connectivity index is 0.994. The zero-order chi connectivity index (χ0) is 37.7. The standard InChI is InChI=1S/C54H36N2O/c1-2-13-37(14-3-1)40-15-10-17-44(35-40)55(43-33-29-39(30-34-43)46-22-12-26-53-54(46)49-21-6-9-25-52(49)57-53)42-31-27-38(28-32-42)41-16-11-18-45(36-41)56-50-23-7-4-19-47(50)48-20-5-8-24-51(48)56/h1-36H. The maximum Gasteiger partial charge on any atom is 0.136 e. The molecule has 3 heteroatoms. The molecule has 0 fully saturated rings. The third-order valence-corrected chi connectivity index (χ3v) is 11.2. The molecule has 0 aliphatic rings. The molecule has 0 bridgehead atoms. The van der Waals surface area contributed by atoms with Crippen molar-refractivity contribution in [3.8, 4) is 39.1 Å². The lowest BCUT2D eigenvalue weighted by Gasteiger charge is -2.26. The monoisotopic (exact) mass is 728 g/mol. The van der Waals surface area contributed by atoms with E-state index >= 15 is 0 Å². The molecule has 11 rings (SSSR count). The van der Waals surface area contributed by atoms with Crippen molar-refractivity contribution in [1.82, 2.24) is 4.57 Å². The van der Waals surface area contributed by atoms with Crippen LogP contribution in [0.25, 0.3) is 82.8 Å². The van der Waals surface area contributed by atoms with E-state index in [0.717, 1.165) is 61.4 Å². The van der Waals surface area contributed by atoms with Gasteiger partial charge < -0.3 is 13.9 Å². The van der Waals surface area contributed by atoms with Gasteiger partial charge in [0, 0.05) is 44.3 Å². The quantitative estimate of drug-likeness (QED) is 0.163. The summed E-state index contributed by atoms with van der Waals surface area (Å²) in [7, 11) is 0. The second-order valence-electron chi connectivity index (χ2n) is 14.5. The predicted molar refractivity (Wildman–Crippen MR) is 239 cm³/mol. The molecule has 57 heavy (non-hydrogen) atoms. The van der Waals surface area contributed by atoms with E-state index in [-0.39, 0.29) is 0 Å². The highest BCUT2D eigenvalue weighted by molar-refractivity contribution is 6.12. The number of para-hydroxylation sites is 3. The topological polar surface area (TPSA) is 21.3 Å². The average molecular weight is 729 g/mol. The van der Waals surface area contributed by atoms with Gasteiger partial charge in [-0.3, -0.25) is 0 Å². The molecule has 9 aromatic carbocycles. The zero-order valence-corrected chi connectivity index (χ0v) is 31.1. The molecule has 0 aliphatic heterocycles. The Kier molecular flexibility index (Phi) is 7.82. The number of aromatic nitrogens is 1. The van der Waals surface area contributed by atoms with Crippen LogP contribution in [-0.2, 0) is 0 Å². The van der Waals surface area contributed by atoms with Gasteiger partial charge in [-0.25, -0.2) is 0 Å². The van der Waals surface area contributed by atoms with Crippen molar-refractivity contribution in [3.05, 3.63) is 218 Å². The third-order valence-electron chi connectivity index (χ3n) is 11.2.